The van der Waals surface area contributed by atoms with Crippen LogP contribution in [-0.2, 0) is 6.54 Å². The lowest BCUT2D eigenvalue weighted by Crippen LogP contribution is -2.05. The smallest absolute Gasteiger partial charge is 0.0348 e. The number of rotatable bonds is 3. The van der Waals surface area contributed by atoms with Crippen LogP contribution in [-0.4, -0.2) is 7.05 Å². The van der Waals surface area contributed by atoms with Crippen molar-refractivity contribution < 1.29 is 1.43 Å². The van der Waals surface area contributed by atoms with E-state index >= 15 is 0 Å². The molecule has 0 fully saturated rings. The van der Waals surface area contributed by atoms with Crippen molar-refractivity contribution in [3.8, 4) is 10.4 Å². The molecule has 94 valence electrons. The van der Waals surface area contributed by atoms with Crippen LogP contribution in [0.4, 0.5) is 0 Å². The van der Waals surface area contributed by atoms with Crippen molar-refractivity contribution in [1.29, 1.82) is 0 Å². The van der Waals surface area contributed by atoms with Gasteiger partial charge in [-0.3, -0.25) is 0 Å². The first-order valence-electron chi connectivity index (χ1n) is 6.10. The highest BCUT2D eigenvalue weighted by Gasteiger charge is 2.05. The number of nitrogens with one attached hydrogen (secondary N) is 1. The molecule has 2 rings (SSSR count). The van der Waals surface area contributed by atoms with Crippen LogP contribution in [0.15, 0.2) is 36.4 Å². The van der Waals surface area contributed by atoms with Crippen LogP contribution in [0.3, 0.4) is 0 Å². The van der Waals surface area contributed by atoms with Crippen molar-refractivity contribution in [1.82, 2.24) is 5.32 Å². The Morgan fingerprint density at radius 1 is 1.12 bits per heavy atom. The minimum absolute atomic E-state index is 0. The van der Waals surface area contributed by atoms with Gasteiger partial charge in [-0.25, -0.2) is 0 Å². The van der Waals surface area contributed by atoms with Gasteiger partial charge in [0, 0.05) is 17.7 Å². The monoisotopic (exact) mass is 249 g/mol. The molecule has 0 aliphatic heterocycles. The molecule has 2 heteroatoms. The summed E-state index contributed by atoms with van der Waals surface area (Å²) in [7, 11) is 1.98. The molecule has 0 spiro atoms. The maximum Gasteiger partial charge on any atom is 0.0348 e. The van der Waals surface area contributed by atoms with E-state index in [9.17, 15) is 0 Å². The van der Waals surface area contributed by atoms with Crippen LogP contribution in [0.25, 0.3) is 10.4 Å². The summed E-state index contributed by atoms with van der Waals surface area (Å²) in [6, 6.07) is 12.9. The van der Waals surface area contributed by atoms with Gasteiger partial charge in [0.15, 0.2) is 0 Å². The molecule has 0 atom stereocenters. The first-order valence-corrected chi connectivity index (χ1v) is 6.92. The van der Waals surface area contributed by atoms with E-state index in [0.29, 0.717) is 0 Å². The van der Waals surface area contributed by atoms with E-state index in [1.165, 1.54) is 20.9 Å². The second kappa shape index (κ2) is 7.25. The van der Waals surface area contributed by atoms with Gasteiger partial charge in [0.2, 0.25) is 0 Å². The molecule has 1 heterocycles. The van der Waals surface area contributed by atoms with Crippen LogP contribution in [0, 0.1) is 6.92 Å². The topological polar surface area (TPSA) is 12.0 Å². The number of aryl methyl sites for hydroxylation is 1. The van der Waals surface area contributed by atoms with Crippen LogP contribution < -0.4 is 5.32 Å². The zero-order chi connectivity index (χ0) is 12.7. The molecule has 0 saturated carbocycles. The van der Waals surface area contributed by atoms with E-state index in [0.717, 1.165) is 6.54 Å². The highest BCUT2D eigenvalue weighted by atomic mass is 32.1. The SMILES string of the molecule is CC.CNCc1ccccc1-c1ccc(C)s1.[HH]. The van der Waals surface area contributed by atoms with Gasteiger partial charge >= 0.3 is 0 Å². The first kappa shape index (κ1) is 13.9. The van der Waals surface area contributed by atoms with Gasteiger partial charge in [0.25, 0.3) is 0 Å². The van der Waals surface area contributed by atoms with Crippen LogP contribution in [0.1, 0.15) is 25.7 Å². The Morgan fingerprint density at radius 2 is 1.82 bits per heavy atom. The molecule has 0 aliphatic carbocycles. The zero-order valence-electron chi connectivity index (χ0n) is 11.1. The fraction of sp³-hybridized carbons (Fsp3) is 0.333. The summed E-state index contributed by atoms with van der Waals surface area (Å²) >= 11 is 1.85. The third kappa shape index (κ3) is 3.69. The van der Waals surface area contributed by atoms with Crippen LogP contribution in [0.5, 0.6) is 0 Å². The molecule has 1 aromatic heterocycles. The van der Waals surface area contributed by atoms with E-state index in [4.69, 9.17) is 0 Å². The molecule has 1 N–H and O–H groups in total. The summed E-state index contributed by atoms with van der Waals surface area (Å²) in [5.41, 5.74) is 2.71. The third-order valence-corrected chi connectivity index (χ3v) is 3.42. The molecule has 0 amide bonds. The van der Waals surface area contributed by atoms with Crippen molar-refractivity contribution in [3.63, 3.8) is 0 Å². The summed E-state index contributed by atoms with van der Waals surface area (Å²) in [6.07, 6.45) is 0. The maximum absolute atomic E-state index is 3.21. The zero-order valence-corrected chi connectivity index (χ0v) is 11.9. The average molecular weight is 249 g/mol. The lowest BCUT2D eigenvalue weighted by atomic mass is 10.1. The molecule has 0 aliphatic rings. The summed E-state index contributed by atoms with van der Waals surface area (Å²) in [5.74, 6) is 0. The van der Waals surface area contributed by atoms with Gasteiger partial charge in [0.1, 0.15) is 0 Å². The average Bonchev–Trinajstić information content (AvgIpc) is 2.79. The Balaban J connectivity index is 0.000000917. The summed E-state index contributed by atoms with van der Waals surface area (Å²) in [6.45, 7) is 7.07. The standard InChI is InChI=1S/C13H15NS.C2H6.H2/c1-10-7-8-13(15-10)12-6-4-3-5-11(12)9-14-2;1-2;/h3-8,14H,9H2,1-2H3;1-2H3;1H. The second-order valence-corrected chi connectivity index (χ2v) is 4.89. The molecule has 0 saturated heterocycles. The van der Waals surface area contributed by atoms with Crippen molar-refractivity contribution in [2.45, 2.75) is 27.3 Å². The largest absolute Gasteiger partial charge is 0.316 e. The second-order valence-electron chi connectivity index (χ2n) is 3.60. The normalized spacial score (nSPS) is 9.65. The van der Waals surface area contributed by atoms with E-state index in [2.05, 4.69) is 48.6 Å². The van der Waals surface area contributed by atoms with Gasteiger partial charge in [0.05, 0.1) is 0 Å². The molecule has 0 bridgehead atoms. The van der Waals surface area contributed by atoms with E-state index in [1.54, 1.807) is 0 Å². The minimum Gasteiger partial charge on any atom is -0.316 e. The fourth-order valence-electron chi connectivity index (χ4n) is 1.68. The van der Waals surface area contributed by atoms with Crippen molar-refractivity contribution in [3.05, 3.63) is 46.8 Å². The maximum atomic E-state index is 3.21. The lowest BCUT2D eigenvalue weighted by Gasteiger charge is -2.06. The summed E-state index contributed by atoms with van der Waals surface area (Å²) < 4.78 is 0. The molecule has 2 aromatic rings. The molecule has 1 nitrogen and oxygen atoms in total. The number of hydrogen-bond acceptors (Lipinski definition) is 2. The predicted molar refractivity (Wildman–Crippen MR) is 80.7 cm³/mol. The molecule has 17 heavy (non-hydrogen) atoms. The van der Waals surface area contributed by atoms with E-state index in [-0.39, 0.29) is 1.43 Å². The van der Waals surface area contributed by atoms with Crippen LogP contribution >= 0.6 is 11.3 Å². The highest BCUT2D eigenvalue weighted by Crippen LogP contribution is 2.30. The summed E-state index contributed by atoms with van der Waals surface area (Å²) in [5, 5.41) is 3.21. The van der Waals surface area contributed by atoms with Gasteiger partial charge in [-0.05, 0) is 37.2 Å². The van der Waals surface area contributed by atoms with Crippen molar-refractivity contribution in [2.24, 2.45) is 0 Å². The lowest BCUT2D eigenvalue weighted by molar-refractivity contribution is 0.820. The summed E-state index contributed by atoms with van der Waals surface area (Å²) in [4.78, 5) is 2.72. The molecular formula is C15H23NS. The Kier molecular flexibility index (Phi) is 5.95. The molecular weight excluding hydrogens is 226 g/mol. The third-order valence-electron chi connectivity index (χ3n) is 2.39. The predicted octanol–water partition coefficient (Wildman–Crippen LogP) is 4.72. The van der Waals surface area contributed by atoms with Crippen molar-refractivity contribution >= 4 is 11.3 Å². The van der Waals surface area contributed by atoms with Gasteiger partial charge in [-0.15, -0.1) is 11.3 Å². The Labute approximate surface area is 110 Å². The Hall–Kier alpha value is -1.12. The first-order chi connectivity index (χ1) is 8.31. The van der Waals surface area contributed by atoms with Gasteiger partial charge < -0.3 is 5.32 Å². The quantitative estimate of drug-likeness (QED) is 0.830. The number of hydrogen-bond donors (Lipinski definition) is 1. The van der Waals surface area contributed by atoms with Crippen LogP contribution in [0.2, 0.25) is 0 Å². The van der Waals surface area contributed by atoms with E-state index in [1.807, 2.05) is 32.2 Å². The number of thiophene rings is 1. The fourth-order valence-corrected chi connectivity index (χ4v) is 2.61. The van der Waals surface area contributed by atoms with Crippen molar-refractivity contribution in [2.75, 3.05) is 7.05 Å². The Morgan fingerprint density at radius 3 is 2.41 bits per heavy atom. The molecule has 0 unspecified atom stereocenters. The Bertz CT molecular complexity index is 451. The van der Waals surface area contributed by atoms with E-state index < -0.39 is 0 Å². The molecule has 0 radical (unpaired) electrons. The number of benzene rings is 1. The minimum atomic E-state index is 0. The highest BCUT2D eigenvalue weighted by molar-refractivity contribution is 7.15. The van der Waals surface area contributed by atoms with Gasteiger partial charge in [-0.1, -0.05) is 38.1 Å². The van der Waals surface area contributed by atoms with Gasteiger partial charge in [-0.2, -0.15) is 0 Å². The molecule has 1 aromatic carbocycles.